The molecule has 2 unspecified atom stereocenters. The predicted molar refractivity (Wildman–Crippen MR) is 83.7 cm³/mol. The molecule has 5 heteroatoms. The van der Waals surface area contributed by atoms with Crippen LogP contribution >= 0.6 is 11.6 Å². The molecule has 0 bridgehead atoms. The molecule has 1 aromatic carbocycles. The standard InChI is InChI=1S/C16H20ClN3O/c1-10(2)20-16(13(17)8-19-20)15(18)12-7-11-5-3-4-6-14(11)21-9-12/h3-6,8,10,12,15H,7,9,18H2,1-2H3. The zero-order chi connectivity index (χ0) is 15.0. The molecule has 3 rings (SSSR count). The number of rotatable bonds is 3. The van der Waals surface area contributed by atoms with Gasteiger partial charge in [-0.05, 0) is 31.9 Å². The first-order chi connectivity index (χ1) is 10.1. The van der Waals surface area contributed by atoms with Gasteiger partial charge in [0.05, 0.1) is 29.6 Å². The van der Waals surface area contributed by atoms with Crippen molar-refractivity contribution in [3.63, 3.8) is 0 Å². The first-order valence-electron chi connectivity index (χ1n) is 7.27. The summed E-state index contributed by atoms with van der Waals surface area (Å²) in [6.45, 7) is 4.76. The maximum absolute atomic E-state index is 6.49. The largest absolute Gasteiger partial charge is 0.493 e. The van der Waals surface area contributed by atoms with Gasteiger partial charge < -0.3 is 10.5 Å². The van der Waals surface area contributed by atoms with E-state index >= 15 is 0 Å². The van der Waals surface area contributed by atoms with Gasteiger partial charge in [-0.3, -0.25) is 4.68 Å². The molecular formula is C16H20ClN3O. The van der Waals surface area contributed by atoms with Crippen LogP contribution in [0, 0.1) is 5.92 Å². The molecule has 112 valence electrons. The molecule has 2 N–H and O–H groups in total. The number of aromatic nitrogens is 2. The van der Waals surface area contributed by atoms with Crippen molar-refractivity contribution in [2.75, 3.05) is 6.61 Å². The Hall–Kier alpha value is -1.52. The van der Waals surface area contributed by atoms with E-state index in [1.807, 2.05) is 22.9 Å². The molecule has 0 radical (unpaired) electrons. The van der Waals surface area contributed by atoms with Crippen molar-refractivity contribution in [2.45, 2.75) is 32.4 Å². The number of nitrogens with two attached hydrogens (primary N) is 1. The maximum atomic E-state index is 6.49. The van der Waals surface area contributed by atoms with Crippen LogP contribution in [-0.2, 0) is 6.42 Å². The number of ether oxygens (including phenoxy) is 1. The molecule has 2 heterocycles. The number of nitrogens with zero attached hydrogens (tertiary/aromatic N) is 2. The molecule has 0 spiro atoms. The molecule has 1 aliphatic rings. The molecule has 0 saturated heterocycles. The first kappa shape index (κ1) is 14.4. The molecule has 0 fully saturated rings. The Morgan fingerprint density at radius 3 is 2.90 bits per heavy atom. The fraction of sp³-hybridized carbons (Fsp3) is 0.438. The maximum Gasteiger partial charge on any atom is 0.122 e. The summed E-state index contributed by atoms with van der Waals surface area (Å²) < 4.78 is 7.75. The molecule has 4 nitrogen and oxygen atoms in total. The second-order valence-electron chi connectivity index (χ2n) is 5.82. The second-order valence-corrected chi connectivity index (χ2v) is 6.23. The van der Waals surface area contributed by atoms with Crippen LogP contribution in [0.5, 0.6) is 5.75 Å². The summed E-state index contributed by atoms with van der Waals surface area (Å²) in [5.41, 5.74) is 8.59. The Morgan fingerprint density at radius 2 is 2.14 bits per heavy atom. The van der Waals surface area contributed by atoms with E-state index in [2.05, 4.69) is 25.0 Å². The van der Waals surface area contributed by atoms with Crippen LogP contribution in [-0.4, -0.2) is 16.4 Å². The van der Waals surface area contributed by atoms with Crippen molar-refractivity contribution in [1.82, 2.24) is 9.78 Å². The fourth-order valence-electron chi connectivity index (χ4n) is 2.88. The van der Waals surface area contributed by atoms with E-state index in [1.54, 1.807) is 6.20 Å². The highest BCUT2D eigenvalue weighted by atomic mass is 35.5. The number of para-hydroxylation sites is 1. The highest BCUT2D eigenvalue weighted by Gasteiger charge is 2.30. The average molecular weight is 306 g/mol. The minimum Gasteiger partial charge on any atom is -0.493 e. The predicted octanol–water partition coefficient (Wildman–Crippen LogP) is 3.37. The lowest BCUT2D eigenvalue weighted by Gasteiger charge is -2.30. The van der Waals surface area contributed by atoms with Gasteiger partial charge in [0, 0.05) is 12.0 Å². The highest BCUT2D eigenvalue weighted by Crippen LogP contribution is 2.35. The van der Waals surface area contributed by atoms with E-state index in [0.717, 1.165) is 17.9 Å². The van der Waals surface area contributed by atoms with Gasteiger partial charge >= 0.3 is 0 Å². The summed E-state index contributed by atoms with van der Waals surface area (Å²) in [5, 5.41) is 4.97. The molecule has 0 aliphatic carbocycles. The number of benzene rings is 1. The van der Waals surface area contributed by atoms with Gasteiger partial charge in [0.2, 0.25) is 0 Å². The molecule has 0 amide bonds. The Balaban J connectivity index is 1.87. The second kappa shape index (κ2) is 5.70. The van der Waals surface area contributed by atoms with Crippen molar-refractivity contribution in [3.8, 4) is 5.75 Å². The third-order valence-corrected chi connectivity index (χ3v) is 4.30. The van der Waals surface area contributed by atoms with E-state index in [0.29, 0.717) is 11.6 Å². The smallest absolute Gasteiger partial charge is 0.122 e. The summed E-state index contributed by atoms with van der Waals surface area (Å²) in [5.74, 6) is 1.16. The minimum atomic E-state index is -0.184. The lowest BCUT2D eigenvalue weighted by molar-refractivity contribution is 0.195. The molecule has 1 aliphatic heterocycles. The SMILES string of the molecule is CC(C)n1ncc(Cl)c1C(N)C1COc2ccccc2C1. The van der Waals surface area contributed by atoms with Crippen LogP contribution in [0.2, 0.25) is 5.02 Å². The lowest BCUT2D eigenvalue weighted by Crippen LogP contribution is -2.33. The quantitative estimate of drug-likeness (QED) is 0.946. The van der Waals surface area contributed by atoms with E-state index in [1.165, 1.54) is 5.56 Å². The minimum absolute atomic E-state index is 0.184. The van der Waals surface area contributed by atoms with Gasteiger partial charge in [-0.1, -0.05) is 29.8 Å². The van der Waals surface area contributed by atoms with E-state index in [4.69, 9.17) is 22.1 Å². The number of hydrogen-bond acceptors (Lipinski definition) is 3. The normalized spacial score (nSPS) is 19.2. The zero-order valence-electron chi connectivity index (χ0n) is 12.3. The van der Waals surface area contributed by atoms with Gasteiger partial charge in [0.25, 0.3) is 0 Å². The summed E-state index contributed by atoms with van der Waals surface area (Å²) >= 11 is 6.30. The zero-order valence-corrected chi connectivity index (χ0v) is 13.0. The van der Waals surface area contributed by atoms with Crippen molar-refractivity contribution in [1.29, 1.82) is 0 Å². The van der Waals surface area contributed by atoms with Crippen LogP contribution in [0.4, 0.5) is 0 Å². The van der Waals surface area contributed by atoms with Crippen LogP contribution < -0.4 is 10.5 Å². The average Bonchev–Trinajstić information content (AvgIpc) is 2.88. The molecule has 1 aromatic heterocycles. The number of hydrogen-bond donors (Lipinski definition) is 1. The molecular weight excluding hydrogens is 286 g/mol. The fourth-order valence-corrected chi connectivity index (χ4v) is 3.14. The summed E-state index contributed by atoms with van der Waals surface area (Å²) in [4.78, 5) is 0. The molecule has 2 atom stereocenters. The van der Waals surface area contributed by atoms with Gasteiger partial charge in [-0.15, -0.1) is 0 Å². The highest BCUT2D eigenvalue weighted by molar-refractivity contribution is 6.31. The van der Waals surface area contributed by atoms with Gasteiger partial charge in [0.1, 0.15) is 5.75 Å². The number of fused-ring (bicyclic) bond motifs is 1. The molecule has 0 saturated carbocycles. The van der Waals surface area contributed by atoms with Crippen molar-refractivity contribution in [2.24, 2.45) is 11.7 Å². The number of halogens is 1. The Morgan fingerprint density at radius 1 is 1.38 bits per heavy atom. The van der Waals surface area contributed by atoms with Crippen LogP contribution in [0.15, 0.2) is 30.5 Å². The van der Waals surface area contributed by atoms with Crippen LogP contribution in [0.25, 0.3) is 0 Å². The van der Waals surface area contributed by atoms with Crippen molar-refractivity contribution >= 4 is 11.6 Å². The van der Waals surface area contributed by atoms with Gasteiger partial charge in [-0.2, -0.15) is 5.10 Å². The van der Waals surface area contributed by atoms with E-state index in [9.17, 15) is 0 Å². The third kappa shape index (κ3) is 2.65. The van der Waals surface area contributed by atoms with Gasteiger partial charge in [0.15, 0.2) is 0 Å². The third-order valence-electron chi connectivity index (χ3n) is 4.01. The lowest BCUT2D eigenvalue weighted by atomic mass is 9.89. The monoisotopic (exact) mass is 305 g/mol. The topological polar surface area (TPSA) is 53.1 Å². The molecule has 2 aromatic rings. The first-order valence-corrected chi connectivity index (χ1v) is 7.65. The molecule has 21 heavy (non-hydrogen) atoms. The Kier molecular flexibility index (Phi) is 3.91. The summed E-state index contributed by atoms with van der Waals surface area (Å²) in [6, 6.07) is 8.16. The van der Waals surface area contributed by atoms with Crippen LogP contribution in [0.1, 0.15) is 37.2 Å². The van der Waals surface area contributed by atoms with Crippen molar-refractivity contribution in [3.05, 3.63) is 46.7 Å². The summed E-state index contributed by atoms with van der Waals surface area (Å²) in [7, 11) is 0. The Bertz CT molecular complexity index is 638. The van der Waals surface area contributed by atoms with Crippen LogP contribution in [0.3, 0.4) is 0 Å². The summed E-state index contributed by atoms with van der Waals surface area (Å²) in [6.07, 6.45) is 2.57. The van der Waals surface area contributed by atoms with E-state index in [-0.39, 0.29) is 18.0 Å². The van der Waals surface area contributed by atoms with E-state index < -0.39 is 0 Å². The van der Waals surface area contributed by atoms with Crippen molar-refractivity contribution < 1.29 is 4.74 Å². The Labute approximate surface area is 129 Å². The van der Waals surface area contributed by atoms with Gasteiger partial charge in [-0.25, -0.2) is 0 Å².